The van der Waals surface area contributed by atoms with Gasteiger partial charge in [0.2, 0.25) is 11.8 Å². The number of ether oxygens (including phenoxy) is 1. The van der Waals surface area contributed by atoms with Crippen molar-refractivity contribution in [2.45, 2.75) is 13.3 Å². The molecule has 0 radical (unpaired) electrons. The first-order valence-electron chi connectivity index (χ1n) is 9.30. The fourth-order valence-electron chi connectivity index (χ4n) is 3.12. The molecule has 0 aliphatic carbocycles. The molecule has 2 N–H and O–H groups in total. The van der Waals surface area contributed by atoms with E-state index in [2.05, 4.69) is 15.6 Å². The van der Waals surface area contributed by atoms with E-state index in [0.29, 0.717) is 27.8 Å². The molecule has 158 valence electrons. The number of nitrogens with zero attached hydrogens (tertiary/aromatic N) is 1. The molecule has 4 aromatic rings. The van der Waals surface area contributed by atoms with E-state index in [1.54, 1.807) is 37.0 Å². The van der Waals surface area contributed by atoms with Crippen LogP contribution in [0.15, 0.2) is 52.5 Å². The minimum Gasteiger partial charge on any atom is -0.497 e. The summed E-state index contributed by atoms with van der Waals surface area (Å²) in [7, 11) is 1.57. The van der Waals surface area contributed by atoms with Crippen molar-refractivity contribution in [2.75, 3.05) is 17.7 Å². The third-order valence-corrected chi connectivity index (χ3v) is 5.29. The highest BCUT2D eigenvalue weighted by Crippen LogP contribution is 2.29. The number of methoxy groups -OCH3 is 1. The number of hydrogen-bond donors (Lipinski definition) is 2. The van der Waals surface area contributed by atoms with Crippen LogP contribution in [0.25, 0.3) is 22.2 Å². The van der Waals surface area contributed by atoms with E-state index in [1.807, 2.05) is 6.07 Å². The SMILES string of the molecule is COc1ccc2c(CC(=O)Nc3nc(-c4ccc(NC(C)=O)cc4F)cs3)coc2c1. The van der Waals surface area contributed by atoms with E-state index >= 15 is 0 Å². The third-order valence-electron chi connectivity index (χ3n) is 4.53. The van der Waals surface area contributed by atoms with E-state index < -0.39 is 5.82 Å². The van der Waals surface area contributed by atoms with Crippen LogP contribution in [0.5, 0.6) is 5.75 Å². The van der Waals surface area contributed by atoms with Crippen LogP contribution in [-0.4, -0.2) is 23.9 Å². The number of amides is 2. The van der Waals surface area contributed by atoms with Crippen LogP contribution in [0.1, 0.15) is 12.5 Å². The summed E-state index contributed by atoms with van der Waals surface area (Å²) in [6.45, 7) is 1.35. The summed E-state index contributed by atoms with van der Waals surface area (Å²) in [5.74, 6) is -0.392. The summed E-state index contributed by atoms with van der Waals surface area (Å²) in [6.07, 6.45) is 1.65. The summed E-state index contributed by atoms with van der Waals surface area (Å²) < 4.78 is 25.1. The van der Waals surface area contributed by atoms with Crippen LogP contribution in [0.2, 0.25) is 0 Å². The molecule has 2 heterocycles. The van der Waals surface area contributed by atoms with Gasteiger partial charge in [0.05, 0.1) is 25.5 Å². The van der Waals surface area contributed by atoms with Gasteiger partial charge in [-0.05, 0) is 30.3 Å². The fraction of sp³-hybridized carbons (Fsp3) is 0.136. The number of nitrogens with one attached hydrogen (secondary N) is 2. The van der Waals surface area contributed by atoms with Gasteiger partial charge in [0.25, 0.3) is 0 Å². The van der Waals surface area contributed by atoms with Crippen LogP contribution >= 0.6 is 11.3 Å². The van der Waals surface area contributed by atoms with Gasteiger partial charge in [0, 0.05) is 40.6 Å². The number of fused-ring (bicyclic) bond motifs is 1. The van der Waals surface area contributed by atoms with Gasteiger partial charge >= 0.3 is 0 Å². The Bertz CT molecular complexity index is 1280. The summed E-state index contributed by atoms with van der Waals surface area (Å²) in [6, 6.07) is 9.76. The Morgan fingerprint density at radius 1 is 1.19 bits per heavy atom. The first-order valence-corrected chi connectivity index (χ1v) is 10.2. The Balaban J connectivity index is 1.45. The van der Waals surface area contributed by atoms with Gasteiger partial charge in [-0.25, -0.2) is 9.37 Å². The van der Waals surface area contributed by atoms with Crippen LogP contribution in [-0.2, 0) is 16.0 Å². The maximum absolute atomic E-state index is 14.4. The molecule has 0 unspecified atom stereocenters. The summed E-state index contributed by atoms with van der Waals surface area (Å²) in [4.78, 5) is 27.9. The number of furan rings is 1. The van der Waals surface area contributed by atoms with E-state index in [1.165, 1.54) is 30.4 Å². The highest BCUT2D eigenvalue weighted by atomic mass is 32.1. The zero-order valence-electron chi connectivity index (χ0n) is 16.7. The first-order chi connectivity index (χ1) is 14.9. The van der Waals surface area contributed by atoms with Crippen molar-refractivity contribution < 1.29 is 23.1 Å². The number of hydrogen-bond acceptors (Lipinski definition) is 6. The average molecular weight is 439 g/mol. The van der Waals surface area contributed by atoms with Crippen molar-refractivity contribution in [3.8, 4) is 17.0 Å². The second-order valence-electron chi connectivity index (χ2n) is 6.76. The molecule has 2 aromatic heterocycles. The zero-order valence-corrected chi connectivity index (χ0v) is 17.5. The zero-order chi connectivity index (χ0) is 22.0. The Hall–Kier alpha value is -3.72. The van der Waals surface area contributed by atoms with Crippen molar-refractivity contribution in [2.24, 2.45) is 0 Å². The standard InChI is InChI=1S/C22H18FN3O4S/c1-12(27)24-14-3-5-17(18(23)8-14)19-11-31-22(25-19)26-21(28)7-13-10-30-20-9-15(29-2)4-6-16(13)20/h3-6,8-11H,7H2,1-2H3,(H,24,27)(H,25,26,28). The molecule has 0 atom stereocenters. The third kappa shape index (κ3) is 4.56. The first kappa shape index (κ1) is 20.5. The Kier molecular flexibility index (Phi) is 5.68. The van der Waals surface area contributed by atoms with Crippen LogP contribution in [0, 0.1) is 5.82 Å². The van der Waals surface area contributed by atoms with Crippen LogP contribution in [0.4, 0.5) is 15.2 Å². The van der Waals surface area contributed by atoms with E-state index in [4.69, 9.17) is 9.15 Å². The molecule has 0 bridgehead atoms. The molecule has 7 nitrogen and oxygen atoms in total. The van der Waals surface area contributed by atoms with Crippen LogP contribution < -0.4 is 15.4 Å². The topological polar surface area (TPSA) is 93.5 Å². The van der Waals surface area contributed by atoms with Gasteiger partial charge < -0.3 is 19.8 Å². The molecule has 0 saturated heterocycles. The molecular formula is C22H18FN3O4S. The molecule has 0 aliphatic heterocycles. The van der Waals surface area contributed by atoms with Crippen molar-refractivity contribution in [1.29, 1.82) is 0 Å². The molecule has 2 aromatic carbocycles. The van der Waals surface area contributed by atoms with Gasteiger partial charge in [-0.1, -0.05) is 0 Å². The number of carbonyl (C=O) groups excluding carboxylic acids is 2. The Morgan fingerprint density at radius 2 is 2.03 bits per heavy atom. The lowest BCUT2D eigenvalue weighted by Gasteiger charge is -2.05. The van der Waals surface area contributed by atoms with E-state index in [-0.39, 0.29) is 23.8 Å². The molecular weight excluding hydrogens is 421 g/mol. The molecule has 0 fully saturated rings. The lowest BCUT2D eigenvalue weighted by Crippen LogP contribution is -2.14. The van der Waals surface area contributed by atoms with E-state index in [9.17, 15) is 14.0 Å². The predicted octanol–water partition coefficient (Wildman–Crippen LogP) is 4.84. The lowest BCUT2D eigenvalue weighted by atomic mass is 10.1. The number of halogens is 1. The fourth-order valence-corrected chi connectivity index (χ4v) is 3.85. The van der Waals surface area contributed by atoms with Crippen molar-refractivity contribution in [1.82, 2.24) is 4.98 Å². The van der Waals surface area contributed by atoms with Gasteiger partial charge in [-0.15, -0.1) is 11.3 Å². The van der Waals surface area contributed by atoms with Gasteiger partial charge in [-0.2, -0.15) is 0 Å². The highest BCUT2D eigenvalue weighted by Gasteiger charge is 2.15. The maximum atomic E-state index is 14.4. The van der Waals surface area contributed by atoms with Crippen LogP contribution in [0.3, 0.4) is 0 Å². The summed E-state index contributed by atoms with van der Waals surface area (Å²) >= 11 is 1.20. The normalized spacial score (nSPS) is 10.8. The largest absolute Gasteiger partial charge is 0.497 e. The molecule has 4 rings (SSSR count). The number of aromatic nitrogens is 1. The van der Waals surface area contributed by atoms with Gasteiger partial charge in [0.15, 0.2) is 5.13 Å². The second kappa shape index (κ2) is 8.57. The van der Waals surface area contributed by atoms with Crippen molar-refractivity contribution in [3.63, 3.8) is 0 Å². The highest BCUT2D eigenvalue weighted by molar-refractivity contribution is 7.14. The molecule has 9 heteroatoms. The van der Waals surface area contributed by atoms with E-state index in [0.717, 1.165) is 10.9 Å². The average Bonchev–Trinajstić information content (AvgIpc) is 3.34. The van der Waals surface area contributed by atoms with Gasteiger partial charge in [-0.3, -0.25) is 9.59 Å². The Labute approximate surface area is 180 Å². The van der Waals surface area contributed by atoms with Crippen molar-refractivity contribution >= 4 is 44.9 Å². The number of benzene rings is 2. The predicted molar refractivity (Wildman–Crippen MR) is 117 cm³/mol. The Morgan fingerprint density at radius 3 is 2.77 bits per heavy atom. The monoisotopic (exact) mass is 439 g/mol. The summed E-state index contributed by atoms with van der Waals surface area (Å²) in [5.41, 5.74) is 2.42. The lowest BCUT2D eigenvalue weighted by molar-refractivity contribution is -0.116. The maximum Gasteiger partial charge on any atom is 0.230 e. The van der Waals surface area contributed by atoms with Crippen molar-refractivity contribution in [3.05, 3.63) is 59.4 Å². The molecule has 0 spiro atoms. The minimum atomic E-state index is -0.519. The second-order valence-corrected chi connectivity index (χ2v) is 7.62. The number of rotatable bonds is 6. The number of carbonyl (C=O) groups is 2. The molecule has 2 amide bonds. The molecule has 0 saturated carbocycles. The number of thiazole rings is 1. The molecule has 31 heavy (non-hydrogen) atoms. The minimum absolute atomic E-state index is 0.105. The number of anilines is 2. The quantitative estimate of drug-likeness (QED) is 0.448. The summed E-state index contributed by atoms with van der Waals surface area (Å²) in [5, 5.41) is 8.11. The van der Waals surface area contributed by atoms with Gasteiger partial charge in [0.1, 0.15) is 17.1 Å². The molecule has 0 aliphatic rings. The smallest absolute Gasteiger partial charge is 0.230 e.